The van der Waals surface area contributed by atoms with E-state index in [1.807, 2.05) is 12.1 Å². The van der Waals surface area contributed by atoms with E-state index in [1.54, 1.807) is 6.07 Å². The van der Waals surface area contributed by atoms with Crippen LogP contribution >= 0.6 is 0 Å². The maximum atomic E-state index is 11.3. The molecule has 2 heterocycles. The first-order valence-electron chi connectivity index (χ1n) is 8.50. The smallest absolute Gasteiger partial charge is 0.292 e. The van der Waals surface area contributed by atoms with Crippen molar-refractivity contribution in [2.75, 3.05) is 75.9 Å². The van der Waals surface area contributed by atoms with Gasteiger partial charge in [-0.2, -0.15) is 0 Å². The molecule has 8 heteroatoms. The average Bonchev–Trinajstić information content (AvgIpc) is 2.63. The van der Waals surface area contributed by atoms with Gasteiger partial charge in [0.25, 0.3) is 5.69 Å². The number of nitro groups is 1. The zero-order chi connectivity index (χ0) is 16.8. The minimum absolute atomic E-state index is 0.129. The summed E-state index contributed by atoms with van der Waals surface area (Å²) in [7, 11) is 0. The highest BCUT2D eigenvalue weighted by molar-refractivity contribution is 5.69. The Morgan fingerprint density at radius 2 is 1.88 bits per heavy atom. The van der Waals surface area contributed by atoms with Crippen molar-refractivity contribution < 1.29 is 19.3 Å². The van der Waals surface area contributed by atoms with E-state index >= 15 is 0 Å². The topological polar surface area (TPSA) is 81.3 Å². The predicted octanol–water partition coefficient (Wildman–Crippen LogP) is -0.242. The van der Waals surface area contributed by atoms with Crippen molar-refractivity contribution in [2.45, 2.75) is 0 Å². The molecule has 0 radical (unpaired) electrons. The third-order valence-electron chi connectivity index (χ3n) is 4.55. The van der Waals surface area contributed by atoms with Crippen LogP contribution in [0.1, 0.15) is 0 Å². The molecule has 0 aromatic heterocycles. The van der Waals surface area contributed by atoms with E-state index < -0.39 is 0 Å². The number of anilines is 2. The molecule has 2 N–H and O–H groups in total. The van der Waals surface area contributed by atoms with Gasteiger partial charge in [-0.25, -0.2) is 0 Å². The van der Waals surface area contributed by atoms with Gasteiger partial charge in [0.1, 0.15) is 18.8 Å². The molecule has 1 aromatic rings. The molecule has 0 atom stereocenters. The number of hydrogen-bond donors (Lipinski definition) is 2. The van der Waals surface area contributed by atoms with Crippen LogP contribution in [0, 0.1) is 10.1 Å². The maximum Gasteiger partial charge on any atom is 0.292 e. The Morgan fingerprint density at radius 1 is 1.17 bits per heavy atom. The third kappa shape index (κ3) is 4.34. The van der Waals surface area contributed by atoms with Gasteiger partial charge in [0, 0.05) is 24.8 Å². The second kappa shape index (κ2) is 8.27. The summed E-state index contributed by atoms with van der Waals surface area (Å²) in [4.78, 5) is 14.6. The zero-order valence-electron chi connectivity index (χ0n) is 13.8. The van der Waals surface area contributed by atoms with Crippen molar-refractivity contribution in [3.8, 4) is 0 Å². The fourth-order valence-electron chi connectivity index (χ4n) is 3.13. The first kappa shape index (κ1) is 16.9. The van der Waals surface area contributed by atoms with Crippen molar-refractivity contribution in [1.82, 2.24) is 0 Å². The minimum atomic E-state index is -0.326. The lowest BCUT2D eigenvalue weighted by Gasteiger charge is -2.29. The van der Waals surface area contributed by atoms with Gasteiger partial charge in [0.15, 0.2) is 0 Å². The second-order valence-corrected chi connectivity index (χ2v) is 6.10. The van der Waals surface area contributed by atoms with Crippen LogP contribution in [-0.2, 0) is 9.47 Å². The maximum absolute atomic E-state index is 11.3. The summed E-state index contributed by atoms with van der Waals surface area (Å²) in [6.45, 7) is 8.24. The molecule has 8 nitrogen and oxygen atoms in total. The number of ether oxygens (including phenoxy) is 2. The molecule has 3 rings (SSSR count). The van der Waals surface area contributed by atoms with Gasteiger partial charge in [0.2, 0.25) is 0 Å². The van der Waals surface area contributed by atoms with Crippen molar-refractivity contribution in [1.29, 1.82) is 0 Å². The highest BCUT2D eigenvalue weighted by atomic mass is 16.6. The molecule has 0 saturated carbocycles. The molecule has 24 heavy (non-hydrogen) atoms. The van der Waals surface area contributed by atoms with Crippen LogP contribution in [-0.4, -0.2) is 70.6 Å². The quantitative estimate of drug-likeness (QED) is 0.551. The summed E-state index contributed by atoms with van der Waals surface area (Å²) in [6, 6.07) is 5.30. The molecular weight excluding hydrogens is 312 g/mol. The van der Waals surface area contributed by atoms with Gasteiger partial charge >= 0.3 is 0 Å². The Kier molecular flexibility index (Phi) is 5.84. The molecule has 2 fully saturated rings. The second-order valence-electron chi connectivity index (χ2n) is 6.10. The van der Waals surface area contributed by atoms with E-state index in [-0.39, 0.29) is 10.6 Å². The molecule has 0 aliphatic carbocycles. The average molecular weight is 337 g/mol. The lowest BCUT2D eigenvalue weighted by Crippen LogP contribution is -3.14. The van der Waals surface area contributed by atoms with E-state index in [9.17, 15) is 10.1 Å². The first-order chi connectivity index (χ1) is 11.7. The predicted molar refractivity (Wildman–Crippen MR) is 91.0 cm³/mol. The van der Waals surface area contributed by atoms with E-state index in [1.165, 1.54) is 4.90 Å². The number of benzene rings is 1. The highest BCUT2D eigenvalue weighted by Crippen LogP contribution is 2.29. The summed E-state index contributed by atoms with van der Waals surface area (Å²) >= 11 is 0. The van der Waals surface area contributed by atoms with Crippen molar-refractivity contribution >= 4 is 17.1 Å². The van der Waals surface area contributed by atoms with E-state index in [0.717, 1.165) is 51.6 Å². The van der Waals surface area contributed by atoms with Crippen LogP contribution in [0.3, 0.4) is 0 Å². The van der Waals surface area contributed by atoms with Gasteiger partial charge in [-0.15, -0.1) is 0 Å². The summed E-state index contributed by atoms with van der Waals surface area (Å²) < 4.78 is 10.7. The largest absolute Gasteiger partial charge is 0.378 e. The van der Waals surface area contributed by atoms with Crippen LogP contribution in [0.15, 0.2) is 18.2 Å². The van der Waals surface area contributed by atoms with Crippen LogP contribution in [0.2, 0.25) is 0 Å². The summed E-state index contributed by atoms with van der Waals surface area (Å²) in [5.74, 6) is 0. The number of morpholine rings is 2. The van der Waals surface area contributed by atoms with E-state index in [4.69, 9.17) is 9.47 Å². The van der Waals surface area contributed by atoms with Gasteiger partial charge in [-0.1, -0.05) is 0 Å². The molecule has 0 unspecified atom stereocenters. The van der Waals surface area contributed by atoms with E-state index in [0.29, 0.717) is 25.4 Å². The van der Waals surface area contributed by atoms with Gasteiger partial charge in [-0.3, -0.25) is 10.1 Å². The normalized spacial score (nSPS) is 19.2. The van der Waals surface area contributed by atoms with Crippen molar-refractivity contribution in [3.05, 3.63) is 28.3 Å². The van der Waals surface area contributed by atoms with Gasteiger partial charge in [0.05, 0.1) is 44.4 Å². The Hall–Kier alpha value is -1.90. The Balaban J connectivity index is 1.65. The summed E-state index contributed by atoms with van der Waals surface area (Å²) in [5, 5.41) is 14.5. The molecular formula is C16H25N4O4+. The number of hydrogen-bond acceptors (Lipinski definition) is 6. The Morgan fingerprint density at radius 3 is 2.58 bits per heavy atom. The van der Waals surface area contributed by atoms with Gasteiger partial charge < -0.3 is 24.6 Å². The van der Waals surface area contributed by atoms with Crippen LogP contribution < -0.4 is 15.1 Å². The SMILES string of the molecule is O=[N+]([O-])c1ccc(N2CCOCC2)cc1NCC[NH+]1CCOCC1. The molecule has 0 bridgehead atoms. The highest BCUT2D eigenvalue weighted by Gasteiger charge is 2.19. The molecule has 2 aliphatic rings. The Labute approximate surface area is 141 Å². The van der Waals surface area contributed by atoms with Crippen molar-refractivity contribution in [2.24, 2.45) is 0 Å². The minimum Gasteiger partial charge on any atom is -0.378 e. The number of nitro benzene ring substituents is 1. The molecule has 2 aliphatic heterocycles. The lowest BCUT2D eigenvalue weighted by atomic mass is 10.2. The number of nitrogens with zero attached hydrogens (tertiary/aromatic N) is 2. The summed E-state index contributed by atoms with van der Waals surface area (Å²) in [5.41, 5.74) is 1.73. The third-order valence-corrected chi connectivity index (χ3v) is 4.55. The number of nitrogens with one attached hydrogen (secondary N) is 2. The number of rotatable bonds is 6. The van der Waals surface area contributed by atoms with E-state index in [2.05, 4.69) is 10.2 Å². The van der Waals surface area contributed by atoms with Crippen molar-refractivity contribution in [3.63, 3.8) is 0 Å². The molecule has 1 aromatic carbocycles. The number of quaternary nitrogens is 1. The molecule has 132 valence electrons. The fourth-order valence-corrected chi connectivity index (χ4v) is 3.13. The van der Waals surface area contributed by atoms with Crippen LogP contribution in [0.25, 0.3) is 0 Å². The van der Waals surface area contributed by atoms with Crippen LogP contribution in [0.5, 0.6) is 0 Å². The molecule has 0 spiro atoms. The van der Waals surface area contributed by atoms with Crippen LogP contribution in [0.4, 0.5) is 17.1 Å². The zero-order valence-corrected chi connectivity index (χ0v) is 13.8. The molecule has 2 saturated heterocycles. The Bertz CT molecular complexity index is 557. The summed E-state index contributed by atoms with van der Waals surface area (Å²) in [6.07, 6.45) is 0. The first-order valence-corrected chi connectivity index (χ1v) is 8.50. The molecule has 0 amide bonds. The van der Waals surface area contributed by atoms with Gasteiger partial charge in [-0.05, 0) is 12.1 Å². The fraction of sp³-hybridized carbons (Fsp3) is 0.625. The monoisotopic (exact) mass is 337 g/mol. The lowest BCUT2D eigenvalue weighted by molar-refractivity contribution is -0.906. The standard InChI is InChI=1S/C16H24N4O4/c21-20(22)16-2-1-14(19-7-11-24-12-8-19)13-15(16)17-3-4-18-5-9-23-10-6-18/h1-2,13,17H,3-12H2/p+1.